The molecular weight excluding hydrogens is 672 g/mol. The minimum Gasteiger partial charge on any atom is -0.379 e. The quantitative estimate of drug-likeness (QED) is 0.0618. The van der Waals surface area contributed by atoms with Crippen LogP contribution in [0.5, 0.6) is 0 Å². The van der Waals surface area contributed by atoms with E-state index in [0.717, 1.165) is 13.0 Å². The number of rotatable bonds is 48. The zero-order chi connectivity index (χ0) is 37.5. The van der Waals surface area contributed by atoms with Gasteiger partial charge in [0.05, 0.1) is 151 Å². The molecule has 0 amide bonds. The highest BCUT2D eigenvalue weighted by Gasteiger charge is 1.98. The summed E-state index contributed by atoms with van der Waals surface area (Å²) in [5, 5.41) is 0. The Balaban J connectivity index is 3.05. The van der Waals surface area contributed by atoms with Gasteiger partial charge in [-0.25, -0.2) is 0 Å². The summed E-state index contributed by atoms with van der Waals surface area (Å²) in [7, 11) is 0. The summed E-state index contributed by atoms with van der Waals surface area (Å²) in [5.41, 5.74) is 0. The van der Waals surface area contributed by atoms with Crippen LogP contribution in [-0.2, 0) is 56.8 Å². The lowest BCUT2D eigenvalue weighted by Gasteiger charge is -2.09. The van der Waals surface area contributed by atoms with Gasteiger partial charge in [0.1, 0.15) is 0 Å². The Morgan fingerprint density at radius 2 is 0.423 bits per heavy atom. The highest BCUT2D eigenvalue weighted by atomic mass is 16.6. The van der Waals surface area contributed by atoms with Gasteiger partial charge in [-0.2, -0.15) is 0 Å². The lowest BCUT2D eigenvalue weighted by Crippen LogP contribution is -2.15. The van der Waals surface area contributed by atoms with Crippen LogP contribution in [0, 0.1) is 0 Å². The first-order valence-corrected chi connectivity index (χ1v) is 20.7. The van der Waals surface area contributed by atoms with E-state index < -0.39 is 0 Å². The van der Waals surface area contributed by atoms with Gasteiger partial charge in [-0.05, 0) is 20.3 Å². The largest absolute Gasteiger partial charge is 0.379 e. The van der Waals surface area contributed by atoms with Crippen LogP contribution in [0.2, 0.25) is 0 Å². The first kappa shape index (κ1) is 51.5. The topological polar surface area (TPSA) is 111 Å². The van der Waals surface area contributed by atoms with Crippen molar-refractivity contribution in [3.63, 3.8) is 0 Å². The highest BCUT2D eigenvalue weighted by molar-refractivity contribution is 4.49. The Morgan fingerprint density at radius 1 is 0.231 bits per heavy atom. The molecule has 314 valence electrons. The Kier molecular flexibility index (Phi) is 48.1. The van der Waals surface area contributed by atoms with E-state index in [1.54, 1.807) is 0 Å². The molecule has 12 nitrogen and oxygen atoms in total. The van der Waals surface area contributed by atoms with E-state index in [1.807, 2.05) is 13.8 Å². The van der Waals surface area contributed by atoms with Gasteiger partial charge >= 0.3 is 0 Å². The molecule has 0 unspecified atom stereocenters. The minimum atomic E-state index is 0.233. The lowest BCUT2D eigenvalue weighted by atomic mass is 10.0. The average molecular weight is 755 g/mol. The van der Waals surface area contributed by atoms with Gasteiger partial charge in [0.15, 0.2) is 0 Å². The first-order valence-electron chi connectivity index (χ1n) is 20.7. The summed E-state index contributed by atoms with van der Waals surface area (Å²) >= 11 is 0. The lowest BCUT2D eigenvalue weighted by molar-refractivity contribution is -0.0293. The molecule has 52 heavy (non-hydrogen) atoms. The average Bonchev–Trinajstić information content (AvgIpc) is 3.14. The summed E-state index contributed by atoms with van der Waals surface area (Å²) in [6.07, 6.45) is 18.0. The maximum atomic E-state index is 5.68. The Hall–Kier alpha value is -0.480. The predicted octanol–water partition coefficient (Wildman–Crippen LogP) is 6.69. The summed E-state index contributed by atoms with van der Waals surface area (Å²) < 4.78 is 66.1. The molecule has 0 rings (SSSR count). The molecule has 0 heterocycles. The molecule has 0 aliphatic heterocycles. The van der Waals surface area contributed by atoms with Gasteiger partial charge in [0.2, 0.25) is 0 Å². The fourth-order valence-corrected chi connectivity index (χ4v) is 4.87. The zero-order valence-corrected chi connectivity index (χ0v) is 33.9. The van der Waals surface area contributed by atoms with Crippen LogP contribution in [0.1, 0.15) is 104 Å². The highest BCUT2D eigenvalue weighted by Crippen LogP contribution is 2.12. The van der Waals surface area contributed by atoms with Crippen molar-refractivity contribution in [2.75, 3.05) is 152 Å². The predicted molar refractivity (Wildman–Crippen MR) is 206 cm³/mol. The minimum absolute atomic E-state index is 0.233. The van der Waals surface area contributed by atoms with E-state index in [2.05, 4.69) is 6.92 Å². The molecule has 0 aromatic heterocycles. The smallest absolute Gasteiger partial charge is 0.0703 e. The van der Waals surface area contributed by atoms with Crippen LogP contribution in [-0.4, -0.2) is 158 Å². The second kappa shape index (κ2) is 48.5. The SMILES string of the molecule is CCCCCCCCCCCCCCCOCCOCCOCCOCCOCCOCCOCCOCCOCCOCCOCCOC(C)C. The third-order valence-corrected chi connectivity index (χ3v) is 7.79. The van der Waals surface area contributed by atoms with Gasteiger partial charge in [-0.1, -0.05) is 84.0 Å². The van der Waals surface area contributed by atoms with E-state index in [-0.39, 0.29) is 6.10 Å². The molecular formula is C40H82O12. The maximum Gasteiger partial charge on any atom is 0.0703 e. The monoisotopic (exact) mass is 755 g/mol. The fraction of sp³-hybridized carbons (Fsp3) is 1.00. The van der Waals surface area contributed by atoms with Crippen molar-refractivity contribution in [1.29, 1.82) is 0 Å². The molecule has 0 fully saturated rings. The normalized spacial score (nSPS) is 11.8. The summed E-state index contributed by atoms with van der Waals surface area (Å²) in [5.74, 6) is 0. The molecule has 0 aromatic carbocycles. The van der Waals surface area contributed by atoms with Crippen molar-refractivity contribution in [3.05, 3.63) is 0 Å². The maximum absolute atomic E-state index is 5.68. The van der Waals surface area contributed by atoms with Gasteiger partial charge in [-0.3, -0.25) is 0 Å². The Labute approximate surface area is 318 Å². The standard InChI is InChI=1S/C40H82O12/c1-4-5-6-7-8-9-10-11-12-13-14-15-16-17-41-18-19-42-20-21-43-22-23-44-24-25-45-26-27-46-28-29-47-30-31-48-32-33-49-34-35-50-36-37-51-38-39-52-40(2)3/h40H,4-39H2,1-3H3. The molecule has 0 saturated heterocycles. The Morgan fingerprint density at radius 3 is 0.654 bits per heavy atom. The van der Waals surface area contributed by atoms with E-state index in [0.29, 0.717) is 145 Å². The summed E-state index contributed by atoms with van der Waals surface area (Å²) in [6.45, 7) is 19.2. The zero-order valence-electron chi connectivity index (χ0n) is 33.9. The summed E-state index contributed by atoms with van der Waals surface area (Å²) in [6, 6.07) is 0. The van der Waals surface area contributed by atoms with Crippen LogP contribution < -0.4 is 0 Å². The van der Waals surface area contributed by atoms with Crippen molar-refractivity contribution in [3.8, 4) is 0 Å². The summed E-state index contributed by atoms with van der Waals surface area (Å²) in [4.78, 5) is 0. The molecule has 0 bridgehead atoms. The number of ether oxygens (including phenoxy) is 12. The van der Waals surface area contributed by atoms with Gasteiger partial charge in [-0.15, -0.1) is 0 Å². The third-order valence-electron chi connectivity index (χ3n) is 7.79. The van der Waals surface area contributed by atoms with Crippen molar-refractivity contribution >= 4 is 0 Å². The van der Waals surface area contributed by atoms with Crippen LogP contribution >= 0.6 is 0 Å². The van der Waals surface area contributed by atoms with Crippen LogP contribution in [0.15, 0.2) is 0 Å². The molecule has 0 aromatic rings. The molecule has 0 atom stereocenters. The van der Waals surface area contributed by atoms with Crippen molar-refractivity contribution in [2.24, 2.45) is 0 Å². The van der Waals surface area contributed by atoms with Crippen LogP contribution in [0.4, 0.5) is 0 Å². The molecule has 0 saturated carbocycles. The van der Waals surface area contributed by atoms with E-state index in [4.69, 9.17) is 56.8 Å². The van der Waals surface area contributed by atoms with Crippen molar-refractivity contribution in [2.45, 2.75) is 110 Å². The van der Waals surface area contributed by atoms with Crippen LogP contribution in [0.25, 0.3) is 0 Å². The second-order valence-electron chi connectivity index (χ2n) is 12.9. The van der Waals surface area contributed by atoms with E-state index in [9.17, 15) is 0 Å². The molecule has 0 aliphatic rings. The first-order chi connectivity index (χ1) is 25.8. The second-order valence-corrected chi connectivity index (χ2v) is 12.9. The van der Waals surface area contributed by atoms with Crippen molar-refractivity contribution < 1.29 is 56.8 Å². The number of unbranched alkanes of at least 4 members (excludes halogenated alkanes) is 12. The Bertz CT molecular complexity index is 617. The molecule has 0 radical (unpaired) electrons. The van der Waals surface area contributed by atoms with Crippen LogP contribution in [0.3, 0.4) is 0 Å². The van der Waals surface area contributed by atoms with Gasteiger partial charge in [0, 0.05) is 6.61 Å². The molecule has 0 aliphatic carbocycles. The van der Waals surface area contributed by atoms with E-state index >= 15 is 0 Å². The number of hydrogen-bond acceptors (Lipinski definition) is 12. The molecule has 0 spiro atoms. The van der Waals surface area contributed by atoms with Gasteiger partial charge < -0.3 is 56.8 Å². The van der Waals surface area contributed by atoms with E-state index in [1.165, 1.54) is 77.0 Å². The van der Waals surface area contributed by atoms with Crippen molar-refractivity contribution in [1.82, 2.24) is 0 Å². The number of hydrogen-bond donors (Lipinski definition) is 0. The third kappa shape index (κ3) is 49.5. The molecule has 0 N–H and O–H groups in total. The van der Waals surface area contributed by atoms with Gasteiger partial charge in [0.25, 0.3) is 0 Å². The fourth-order valence-electron chi connectivity index (χ4n) is 4.87. The molecule has 12 heteroatoms.